The van der Waals surface area contributed by atoms with Gasteiger partial charge in [0.1, 0.15) is 5.76 Å². The first kappa shape index (κ1) is 14.4. The lowest BCUT2D eigenvalue weighted by Crippen LogP contribution is -2.15. The summed E-state index contributed by atoms with van der Waals surface area (Å²) in [4.78, 5) is 24.1. The Labute approximate surface area is 128 Å². The third-order valence-corrected chi connectivity index (χ3v) is 3.80. The summed E-state index contributed by atoms with van der Waals surface area (Å²) in [6.45, 7) is 3.65. The molecule has 1 saturated carbocycles. The van der Waals surface area contributed by atoms with Crippen molar-refractivity contribution in [3.05, 3.63) is 47.4 Å². The molecule has 1 aromatic carbocycles. The van der Waals surface area contributed by atoms with Gasteiger partial charge in [-0.2, -0.15) is 0 Å². The molecule has 0 unspecified atom stereocenters. The summed E-state index contributed by atoms with van der Waals surface area (Å²) >= 11 is 0. The highest BCUT2D eigenvalue weighted by molar-refractivity contribution is 6.05. The molecule has 2 amide bonds. The minimum Gasteiger partial charge on any atom is -0.469 e. The maximum atomic E-state index is 12.2. The molecule has 1 aromatic heterocycles. The Morgan fingerprint density at radius 1 is 1.14 bits per heavy atom. The Balaban J connectivity index is 1.76. The molecule has 1 aliphatic carbocycles. The molecule has 0 saturated heterocycles. The van der Waals surface area contributed by atoms with Crippen LogP contribution in [0.1, 0.15) is 34.5 Å². The van der Waals surface area contributed by atoms with Crippen LogP contribution in [0.2, 0.25) is 0 Å². The molecule has 3 rings (SSSR count). The van der Waals surface area contributed by atoms with Gasteiger partial charge in [-0.1, -0.05) is 6.07 Å². The standard InChI is InChI=1S/C17H18N2O3/c1-10-3-6-13(18-16(20)12-4-5-12)9-15(10)19-17(21)14-7-8-22-11(14)2/h3,6-9,12H,4-5H2,1-2H3,(H,18,20)(H,19,21). The van der Waals surface area contributed by atoms with Crippen molar-refractivity contribution in [1.29, 1.82) is 0 Å². The van der Waals surface area contributed by atoms with E-state index in [0.717, 1.165) is 18.4 Å². The highest BCUT2D eigenvalue weighted by Crippen LogP contribution is 2.31. The van der Waals surface area contributed by atoms with Gasteiger partial charge in [-0.05, 0) is 50.5 Å². The van der Waals surface area contributed by atoms with Crippen LogP contribution in [0.4, 0.5) is 11.4 Å². The third-order valence-electron chi connectivity index (χ3n) is 3.80. The number of carbonyl (C=O) groups is 2. The van der Waals surface area contributed by atoms with Gasteiger partial charge in [-0.25, -0.2) is 0 Å². The number of rotatable bonds is 4. The van der Waals surface area contributed by atoms with Crippen molar-refractivity contribution >= 4 is 23.2 Å². The molecule has 5 heteroatoms. The van der Waals surface area contributed by atoms with Gasteiger partial charge in [-0.15, -0.1) is 0 Å². The van der Waals surface area contributed by atoms with E-state index in [9.17, 15) is 9.59 Å². The summed E-state index contributed by atoms with van der Waals surface area (Å²) in [5.41, 5.74) is 2.81. The second-order valence-electron chi connectivity index (χ2n) is 5.64. The minimum atomic E-state index is -0.222. The van der Waals surface area contributed by atoms with Gasteiger partial charge in [0.2, 0.25) is 5.91 Å². The molecule has 1 heterocycles. The Bertz CT molecular complexity index is 729. The number of benzene rings is 1. The molecule has 1 fully saturated rings. The van der Waals surface area contributed by atoms with Crippen LogP contribution in [0.15, 0.2) is 34.9 Å². The van der Waals surface area contributed by atoms with Crippen LogP contribution in [0, 0.1) is 19.8 Å². The quantitative estimate of drug-likeness (QED) is 0.907. The molecule has 2 N–H and O–H groups in total. The van der Waals surface area contributed by atoms with E-state index in [-0.39, 0.29) is 17.7 Å². The van der Waals surface area contributed by atoms with Crippen molar-refractivity contribution in [3.63, 3.8) is 0 Å². The zero-order chi connectivity index (χ0) is 15.7. The first-order chi connectivity index (χ1) is 10.5. The fraction of sp³-hybridized carbons (Fsp3) is 0.294. The fourth-order valence-corrected chi connectivity index (χ4v) is 2.23. The van der Waals surface area contributed by atoms with Gasteiger partial charge in [0, 0.05) is 17.3 Å². The van der Waals surface area contributed by atoms with Crippen LogP contribution in [0.3, 0.4) is 0 Å². The normalized spacial score (nSPS) is 13.7. The van der Waals surface area contributed by atoms with Crippen LogP contribution in [-0.2, 0) is 4.79 Å². The summed E-state index contributed by atoms with van der Waals surface area (Å²) in [6, 6.07) is 7.14. The van der Waals surface area contributed by atoms with E-state index in [2.05, 4.69) is 10.6 Å². The summed E-state index contributed by atoms with van der Waals surface area (Å²) < 4.78 is 5.15. The Morgan fingerprint density at radius 2 is 1.91 bits per heavy atom. The smallest absolute Gasteiger partial charge is 0.259 e. The van der Waals surface area contributed by atoms with Crippen LogP contribution in [0.25, 0.3) is 0 Å². The Morgan fingerprint density at radius 3 is 2.55 bits per heavy atom. The predicted molar refractivity (Wildman–Crippen MR) is 83.9 cm³/mol. The fourth-order valence-electron chi connectivity index (χ4n) is 2.23. The molecule has 114 valence electrons. The molecule has 2 aromatic rings. The minimum absolute atomic E-state index is 0.0480. The van der Waals surface area contributed by atoms with E-state index in [1.165, 1.54) is 6.26 Å². The number of anilines is 2. The molecule has 5 nitrogen and oxygen atoms in total. The van der Waals surface area contributed by atoms with Crippen molar-refractivity contribution in [2.75, 3.05) is 10.6 Å². The van der Waals surface area contributed by atoms with E-state index >= 15 is 0 Å². The number of carbonyl (C=O) groups excluding carboxylic acids is 2. The van der Waals surface area contributed by atoms with Gasteiger partial charge in [-0.3, -0.25) is 9.59 Å². The molecule has 0 aliphatic heterocycles. The maximum Gasteiger partial charge on any atom is 0.259 e. The molecule has 0 radical (unpaired) electrons. The lowest BCUT2D eigenvalue weighted by molar-refractivity contribution is -0.117. The van der Waals surface area contributed by atoms with Gasteiger partial charge in [0.25, 0.3) is 5.91 Å². The van der Waals surface area contributed by atoms with E-state index in [1.54, 1.807) is 19.1 Å². The zero-order valence-corrected chi connectivity index (χ0v) is 12.6. The largest absolute Gasteiger partial charge is 0.469 e. The van der Waals surface area contributed by atoms with Crippen LogP contribution >= 0.6 is 0 Å². The lowest BCUT2D eigenvalue weighted by Gasteiger charge is -2.11. The van der Waals surface area contributed by atoms with E-state index in [0.29, 0.717) is 22.7 Å². The Kier molecular flexibility index (Phi) is 3.71. The first-order valence-electron chi connectivity index (χ1n) is 7.31. The number of nitrogens with one attached hydrogen (secondary N) is 2. The van der Waals surface area contributed by atoms with Crippen LogP contribution < -0.4 is 10.6 Å². The van der Waals surface area contributed by atoms with Crippen molar-refractivity contribution < 1.29 is 14.0 Å². The third kappa shape index (κ3) is 3.03. The van der Waals surface area contributed by atoms with Crippen molar-refractivity contribution in [2.45, 2.75) is 26.7 Å². The highest BCUT2D eigenvalue weighted by atomic mass is 16.3. The van der Waals surface area contributed by atoms with Crippen molar-refractivity contribution in [3.8, 4) is 0 Å². The highest BCUT2D eigenvalue weighted by Gasteiger charge is 2.29. The number of furan rings is 1. The number of hydrogen-bond donors (Lipinski definition) is 2. The number of aryl methyl sites for hydroxylation is 2. The maximum absolute atomic E-state index is 12.2. The molecule has 22 heavy (non-hydrogen) atoms. The monoisotopic (exact) mass is 298 g/mol. The second kappa shape index (κ2) is 5.67. The van der Waals surface area contributed by atoms with Crippen LogP contribution in [-0.4, -0.2) is 11.8 Å². The van der Waals surface area contributed by atoms with Crippen LogP contribution in [0.5, 0.6) is 0 Å². The van der Waals surface area contributed by atoms with Gasteiger partial charge in [0.15, 0.2) is 0 Å². The summed E-state index contributed by atoms with van der Waals surface area (Å²) in [5.74, 6) is 0.549. The van der Waals surface area contributed by atoms with Gasteiger partial charge >= 0.3 is 0 Å². The summed E-state index contributed by atoms with van der Waals surface area (Å²) in [7, 11) is 0. The molecule has 0 spiro atoms. The topological polar surface area (TPSA) is 71.3 Å². The predicted octanol–water partition coefficient (Wildman–Crippen LogP) is 3.50. The van der Waals surface area contributed by atoms with Crippen molar-refractivity contribution in [2.24, 2.45) is 5.92 Å². The molecular weight excluding hydrogens is 280 g/mol. The van der Waals surface area contributed by atoms with E-state index in [1.807, 2.05) is 19.1 Å². The second-order valence-corrected chi connectivity index (χ2v) is 5.64. The Hall–Kier alpha value is -2.56. The van der Waals surface area contributed by atoms with E-state index in [4.69, 9.17) is 4.42 Å². The summed E-state index contributed by atoms with van der Waals surface area (Å²) in [5, 5.41) is 5.74. The van der Waals surface area contributed by atoms with Gasteiger partial charge < -0.3 is 15.1 Å². The zero-order valence-electron chi connectivity index (χ0n) is 12.6. The number of hydrogen-bond acceptors (Lipinski definition) is 3. The molecular formula is C17H18N2O3. The molecule has 0 atom stereocenters. The average molecular weight is 298 g/mol. The van der Waals surface area contributed by atoms with E-state index < -0.39 is 0 Å². The van der Waals surface area contributed by atoms with Crippen molar-refractivity contribution in [1.82, 2.24) is 0 Å². The van der Waals surface area contributed by atoms with Gasteiger partial charge in [0.05, 0.1) is 11.8 Å². The number of amides is 2. The average Bonchev–Trinajstić information content (AvgIpc) is 3.24. The summed E-state index contributed by atoms with van der Waals surface area (Å²) in [6.07, 6.45) is 3.41. The molecule has 1 aliphatic rings. The lowest BCUT2D eigenvalue weighted by atomic mass is 10.1. The molecule has 0 bridgehead atoms. The SMILES string of the molecule is Cc1ccc(NC(=O)C2CC2)cc1NC(=O)c1ccoc1C. The first-order valence-corrected chi connectivity index (χ1v) is 7.31.